The highest BCUT2D eigenvalue weighted by atomic mass is 16.5. The molecule has 0 radical (unpaired) electrons. The lowest BCUT2D eigenvalue weighted by Crippen LogP contribution is -2.30. The number of fused-ring (bicyclic) bond motifs is 1. The topological polar surface area (TPSA) is 72.9 Å². The summed E-state index contributed by atoms with van der Waals surface area (Å²) in [6, 6.07) is 13.7. The van der Waals surface area contributed by atoms with Gasteiger partial charge in [-0.1, -0.05) is 24.3 Å². The number of amides is 2. The van der Waals surface area contributed by atoms with Gasteiger partial charge in [0.05, 0.1) is 24.3 Å². The van der Waals surface area contributed by atoms with Gasteiger partial charge in [-0.3, -0.25) is 14.5 Å². The third-order valence-electron chi connectivity index (χ3n) is 4.29. The number of ether oxygens (including phenoxy) is 2. The Hall–Kier alpha value is -3.15. The van der Waals surface area contributed by atoms with Crippen molar-refractivity contribution in [2.75, 3.05) is 19.8 Å². The Labute approximate surface area is 157 Å². The van der Waals surface area contributed by atoms with Gasteiger partial charge < -0.3 is 9.47 Å². The minimum atomic E-state index is -0.445. The largest absolute Gasteiger partial charge is 0.493 e. The molecular weight excluding hydrogens is 346 g/mol. The van der Waals surface area contributed by atoms with E-state index in [1.165, 1.54) is 4.90 Å². The number of para-hydroxylation sites is 1. The highest BCUT2D eigenvalue weighted by molar-refractivity contribution is 6.21. The van der Waals surface area contributed by atoms with Crippen molar-refractivity contribution in [3.63, 3.8) is 0 Å². The van der Waals surface area contributed by atoms with Gasteiger partial charge in [0, 0.05) is 6.54 Å². The fourth-order valence-electron chi connectivity index (χ4n) is 2.97. The van der Waals surface area contributed by atoms with Gasteiger partial charge in [-0.05, 0) is 44.0 Å². The smallest absolute Gasteiger partial charge is 0.341 e. The molecule has 0 atom stereocenters. The average molecular weight is 367 g/mol. The minimum absolute atomic E-state index is 0.211. The number of unbranched alkanes of at least 4 members (excludes halogenated alkanes) is 1. The van der Waals surface area contributed by atoms with E-state index in [1.807, 2.05) is 6.92 Å². The molecule has 27 heavy (non-hydrogen) atoms. The van der Waals surface area contributed by atoms with Gasteiger partial charge >= 0.3 is 5.97 Å². The zero-order chi connectivity index (χ0) is 19.2. The van der Waals surface area contributed by atoms with Crippen LogP contribution in [0.4, 0.5) is 0 Å². The predicted molar refractivity (Wildman–Crippen MR) is 98.9 cm³/mol. The van der Waals surface area contributed by atoms with Crippen LogP contribution in [0.25, 0.3) is 0 Å². The Balaban J connectivity index is 1.46. The Bertz CT molecular complexity index is 826. The predicted octanol–water partition coefficient (Wildman–Crippen LogP) is 3.32. The molecule has 1 heterocycles. The summed E-state index contributed by atoms with van der Waals surface area (Å²) in [5.41, 5.74) is 1.28. The van der Waals surface area contributed by atoms with E-state index in [0.29, 0.717) is 48.4 Å². The molecule has 0 aliphatic carbocycles. The number of rotatable bonds is 8. The Morgan fingerprint density at radius 2 is 1.56 bits per heavy atom. The molecule has 0 unspecified atom stereocenters. The molecule has 140 valence electrons. The molecule has 6 heteroatoms. The van der Waals surface area contributed by atoms with Crippen molar-refractivity contribution in [3.8, 4) is 5.75 Å². The molecule has 3 rings (SSSR count). The second-order valence-corrected chi connectivity index (χ2v) is 6.08. The van der Waals surface area contributed by atoms with Crippen molar-refractivity contribution in [3.05, 3.63) is 65.2 Å². The molecule has 2 amide bonds. The lowest BCUT2D eigenvalue weighted by atomic mass is 10.1. The molecule has 1 aliphatic heterocycles. The summed E-state index contributed by atoms with van der Waals surface area (Å²) in [4.78, 5) is 38.0. The number of imide groups is 1. The number of nitrogens with zero attached hydrogens (tertiary/aromatic N) is 1. The maximum Gasteiger partial charge on any atom is 0.341 e. The summed E-state index contributed by atoms with van der Waals surface area (Å²) in [5.74, 6) is -0.479. The van der Waals surface area contributed by atoms with E-state index in [-0.39, 0.29) is 18.4 Å². The van der Waals surface area contributed by atoms with Crippen molar-refractivity contribution < 1.29 is 23.9 Å². The zero-order valence-electron chi connectivity index (χ0n) is 15.1. The van der Waals surface area contributed by atoms with Crippen molar-refractivity contribution in [2.24, 2.45) is 0 Å². The number of hydrogen-bond acceptors (Lipinski definition) is 5. The molecule has 0 N–H and O–H groups in total. The Kier molecular flexibility index (Phi) is 5.86. The molecule has 2 aromatic carbocycles. The van der Waals surface area contributed by atoms with Crippen molar-refractivity contribution in [1.29, 1.82) is 0 Å². The van der Waals surface area contributed by atoms with E-state index in [0.717, 1.165) is 0 Å². The first kappa shape index (κ1) is 18.6. The van der Waals surface area contributed by atoms with Crippen molar-refractivity contribution in [1.82, 2.24) is 4.90 Å². The van der Waals surface area contributed by atoms with Crippen LogP contribution in [0.5, 0.6) is 5.75 Å². The normalized spacial score (nSPS) is 12.9. The lowest BCUT2D eigenvalue weighted by molar-refractivity contribution is 0.0481. The van der Waals surface area contributed by atoms with E-state index in [9.17, 15) is 14.4 Å². The second kappa shape index (κ2) is 8.49. The molecule has 0 saturated heterocycles. The molecule has 0 fully saturated rings. The first-order valence-corrected chi connectivity index (χ1v) is 8.97. The fourth-order valence-corrected chi connectivity index (χ4v) is 2.97. The summed E-state index contributed by atoms with van der Waals surface area (Å²) in [6.45, 7) is 2.83. The SMILES string of the molecule is CCOc1ccccc1C(=O)OCCCCN1C(=O)c2ccccc2C1=O. The van der Waals surface area contributed by atoms with Crippen LogP contribution in [-0.4, -0.2) is 42.4 Å². The van der Waals surface area contributed by atoms with E-state index < -0.39 is 5.97 Å². The van der Waals surface area contributed by atoms with Gasteiger partial charge in [0.2, 0.25) is 0 Å². The molecule has 0 aromatic heterocycles. The Morgan fingerprint density at radius 1 is 0.926 bits per heavy atom. The number of carbonyl (C=O) groups excluding carboxylic acids is 3. The van der Waals surface area contributed by atoms with Crippen LogP contribution in [0.3, 0.4) is 0 Å². The van der Waals surface area contributed by atoms with Gasteiger partial charge in [-0.15, -0.1) is 0 Å². The van der Waals surface area contributed by atoms with Gasteiger partial charge in [0.25, 0.3) is 11.8 Å². The van der Waals surface area contributed by atoms with Crippen molar-refractivity contribution >= 4 is 17.8 Å². The first-order chi connectivity index (χ1) is 13.1. The summed E-state index contributed by atoms with van der Waals surface area (Å²) >= 11 is 0. The minimum Gasteiger partial charge on any atom is -0.493 e. The number of esters is 1. The molecule has 0 saturated carbocycles. The van der Waals surface area contributed by atoms with Crippen LogP contribution in [0.2, 0.25) is 0 Å². The maximum absolute atomic E-state index is 12.3. The van der Waals surface area contributed by atoms with E-state index >= 15 is 0 Å². The molecule has 0 spiro atoms. The van der Waals surface area contributed by atoms with Gasteiger partial charge in [-0.2, -0.15) is 0 Å². The third kappa shape index (κ3) is 4.00. The molecule has 0 bridgehead atoms. The molecular formula is C21H21NO5. The third-order valence-corrected chi connectivity index (χ3v) is 4.29. The molecule has 6 nitrogen and oxygen atoms in total. The van der Waals surface area contributed by atoms with E-state index in [2.05, 4.69) is 0 Å². The summed E-state index contributed by atoms with van der Waals surface area (Å²) in [6.07, 6.45) is 1.11. The highest BCUT2D eigenvalue weighted by Crippen LogP contribution is 2.23. The number of benzene rings is 2. The van der Waals surface area contributed by atoms with Crippen LogP contribution in [0, 0.1) is 0 Å². The van der Waals surface area contributed by atoms with Crippen LogP contribution in [-0.2, 0) is 4.74 Å². The van der Waals surface area contributed by atoms with Crippen LogP contribution in [0.15, 0.2) is 48.5 Å². The average Bonchev–Trinajstić information content (AvgIpc) is 2.93. The van der Waals surface area contributed by atoms with Crippen molar-refractivity contribution in [2.45, 2.75) is 19.8 Å². The highest BCUT2D eigenvalue weighted by Gasteiger charge is 2.34. The molecule has 2 aromatic rings. The number of carbonyl (C=O) groups is 3. The fraction of sp³-hybridized carbons (Fsp3) is 0.286. The summed E-state index contributed by atoms with van der Waals surface area (Å²) < 4.78 is 10.7. The van der Waals surface area contributed by atoms with Gasteiger partial charge in [0.15, 0.2) is 0 Å². The van der Waals surface area contributed by atoms with E-state index in [1.54, 1.807) is 48.5 Å². The summed E-state index contributed by atoms with van der Waals surface area (Å²) in [7, 11) is 0. The quantitative estimate of drug-likeness (QED) is 0.407. The monoisotopic (exact) mass is 367 g/mol. The first-order valence-electron chi connectivity index (χ1n) is 8.97. The maximum atomic E-state index is 12.3. The second-order valence-electron chi connectivity index (χ2n) is 6.08. The standard InChI is InChI=1S/C21H21NO5/c1-2-26-18-12-6-5-11-17(18)21(25)27-14-8-7-13-22-19(23)15-9-3-4-10-16(15)20(22)24/h3-6,9-12H,2,7-8,13-14H2,1H3. The zero-order valence-corrected chi connectivity index (χ0v) is 15.1. The van der Waals surface area contributed by atoms with Gasteiger partial charge in [-0.25, -0.2) is 4.79 Å². The van der Waals surface area contributed by atoms with Crippen LogP contribution < -0.4 is 4.74 Å². The summed E-state index contributed by atoms with van der Waals surface area (Å²) in [5, 5.41) is 0. The Morgan fingerprint density at radius 3 is 2.22 bits per heavy atom. The lowest BCUT2D eigenvalue weighted by Gasteiger charge is -2.14. The number of hydrogen-bond donors (Lipinski definition) is 0. The molecule has 1 aliphatic rings. The van der Waals surface area contributed by atoms with Gasteiger partial charge in [0.1, 0.15) is 11.3 Å². The van der Waals surface area contributed by atoms with E-state index in [4.69, 9.17) is 9.47 Å². The van der Waals surface area contributed by atoms with Crippen LogP contribution in [0.1, 0.15) is 50.8 Å². The van der Waals surface area contributed by atoms with Crippen LogP contribution >= 0.6 is 0 Å².